The van der Waals surface area contributed by atoms with Gasteiger partial charge in [-0.25, -0.2) is 0 Å². The summed E-state index contributed by atoms with van der Waals surface area (Å²) in [6.07, 6.45) is 0. The molecule has 6 heterocycles. The maximum atomic E-state index is 12.2. The summed E-state index contributed by atoms with van der Waals surface area (Å²) in [5.74, 6) is 0. The minimum atomic E-state index is -1.73. The van der Waals surface area contributed by atoms with Gasteiger partial charge in [0, 0.05) is 65.6 Å². The Balaban J connectivity index is 0.986. The number of aromatic nitrogens is 4. The number of nitrogens with zero attached hydrogens (tertiary/aromatic N) is 4. The third-order valence-electron chi connectivity index (χ3n) is 25.0. The molecule has 0 fully saturated rings. The lowest BCUT2D eigenvalue weighted by Crippen LogP contribution is -2.60. The van der Waals surface area contributed by atoms with E-state index in [9.17, 15) is 27.4 Å². The topological polar surface area (TPSA) is 19.7 Å². The first-order valence-electron chi connectivity index (χ1n) is 51.4. The minimum absolute atomic E-state index is 0.0274. The summed E-state index contributed by atoms with van der Waals surface area (Å²) in [5.41, 5.74) is 4.84. The summed E-state index contributed by atoms with van der Waals surface area (Å²) < 4.78 is 225. The molecule has 2 aliphatic rings. The number of fused-ring (bicyclic) bond motifs is 24. The molecule has 0 amide bonds. The Morgan fingerprint density at radius 2 is 0.545 bits per heavy atom. The predicted molar refractivity (Wildman–Crippen MR) is 525 cm³/mol. The maximum absolute atomic E-state index is 12.2. The van der Waals surface area contributed by atoms with Gasteiger partial charge in [0.15, 0.2) is 0 Å². The molecule has 0 atom stereocenters. The van der Waals surface area contributed by atoms with Crippen molar-refractivity contribution in [1.29, 1.82) is 0 Å². The van der Waals surface area contributed by atoms with Crippen LogP contribution in [0, 0.1) is 0 Å². The van der Waals surface area contributed by atoms with Crippen LogP contribution in [0.4, 0.5) is 0 Å². The van der Waals surface area contributed by atoms with Gasteiger partial charge in [0.25, 0.3) is 6.71 Å². The first kappa shape index (κ1) is 53.1. The van der Waals surface area contributed by atoms with E-state index < -0.39 is 109 Å². The number of hydrogen-bond donors (Lipinski definition) is 0. The van der Waals surface area contributed by atoms with E-state index in [-0.39, 0.29) is 145 Å². The van der Waals surface area contributed by atoms with E-state index in [4.69, 9.17) is 0 Å². The van der Waals surface area contributed by atoms with Crippen molar-refractivity contribution in [2.24, 2.45) is 0 Å². The Hall–Kier alpha value is -15.6. The molecule has 0 aliphatic carbocycles. The molecule has 25 rings (SSSR count). The Labute approximate surface area is 740 Å². The maximum Gasteiger partial charge on any atom is 0.252 e. The zero-order valence-corrected chi connectivity index (χ0v) is 66.7. The van der Waals surface area contributed by atoms with Crippen molar-refractivity contribution in [3.63, 3.8) is 0 Å². The molecular weight excluding hydrogens is 1480 g/mol. The van der Waals surface area contributed by atoms with Crippen molar-refractivity contribution in [1.82, 2.24) is 18.3 Å². The Morgan fingerprint density at radius 1 is 0.228 bits per heavy atom. The van der Waals surface area contributed by atoms with Gasteiger partial charge < -0.3 is 18.3 Å². The van der Waals surface area contributed by atoms with Crippen LogP contribution in [0.5, 0.6) is 0 Å². The highest BCUT2D eigenvalue weighted by atomic mass is 15.1. The fourth-order valence-corrected chi connectivity index (χ4v) is 19.6. The lowest BCUT2D eigenvalue weighted by atomic mass is 9.34. The molecule has 4 aromatic heterocycles. The van der Waals surface area contributed by atoms with Crippen molar-refractivity contribution in [3.05, 3.63) is 430 Å². The smallest absolute Gasteiger partial charge is 0.252 e. The molecule has 0 radical (unpaired) electrons. The lowest BCUT2D eigenvalue weighted by molar-refractivity contribution is 0.589. The first-order valence-corrected chi connectivity index (χ1v) is 41.4. The zero-order chi connectivity index (χ0) is 98.7. The highest BCUT2D eigenvalue weighted by molar-refractivity contribution is 7.00. The molecule has 574 valence electrons. The minimum Gasteiger partial charge on any atom is -0.309 e. The summed E-state index contributed by atoms with van der Waals surface area (Å²) in [6, 6.07) is 84.7. The monoisotopic (exact) mass is 1580 g/mol. The average molecular weight is 1580 g/mol. The lowest BCUT2D eigenvalue weighted by Gasteiger charge is -2.38. The SMILES string of the molecule is [2H]c1c2c3c(c([2H])c1C(C)(C)C)-n1c4c(-c5ccccc5)cccc4c4ccccc4c4ccccc4c4c(-n5c6c([2H])c([2H])c([2H])c([2H])c6c6c([2H])c(-c7cccc(-c8ccccc8)c7)c([2H])c([2H])c65)c([2H])c([2H])c(c41)B3c1c([2H])c([2H])c(-n3c4c([2H])c([2H])c([2H])c([2H])c4c4c([2H])c(-c5cccc(-c6ccccc6)c5)c([2H])c([2H])c43)c3c4ccccc4c4ccccc4c4cccc(-c5ccccc5)c4n-2c13. The summed E-state index contributed by atoms with van der Waals surface area (Å²) in [7, 11) is 0. The Morgan fingerprint density at radius 3 is 0.943 bits per heavy atom. The van der Waals surface area contributed by atoms with E-state index >= 15 is 0 Å². The van der Waals surface area contributed by atoms with Gasteiger partial charge in [0.2, 0.25) is 0 Å². The largest absolute Gasteiger partial charge is 0.309 e. The van der Waals surface area contributed by atoms with Crippen LogP contribution in [-0.4, -0.2) is 25.0 Å². The van der Waals surface area contributed by atoms with Crippen molar-refractivity contribution in [2.45, 2.75) is 26.2 Å². The number of rotatable bonds is 8. The predicted octanol–water partition coefficient (Wildman–Crippen LogP) is 29.4. The van der Waals surface area contributed by atoms with Crippen LogP contribution in [0.15, 0.2) is 424 Å². The van der Waals surface area contributed by atoms with Crippen molar-refractivity contribution < 1.29 is 27.4 Å². The molecule has 0 N–H and O–H groups in total. The fourth-order valence-electron chi connectivity index (χ4n) is 19.6. The fraction of sp³-hybridized carbons (Fsp3) is 0.0339. The van der Waals surface area contributed by atoms with Crippen molar-refractivity contribution in [3.8, 4) is 89.5 Å². The normalized spacial score (nSPS) is 14.6. The molecule has 0 saturated carbocycles. The summed E-state index contributed by atoms with van der Waals surface area (Å²) >= 11 is 0. The van der Waals surface area contributed by atoms with Gasteiger partial charge in [-0.3, -0.25) is 0 Å². The molecule has 5 heteroatoms. The first-order chi connectivity index (χ1) is 69.1. The zero-order valence-electron chi connectivity index (χ0n) is 86.7. The van der Waals surface area contributed by atoms with E-state index in [1.165, 1.54) is 9.13 Å². The third kappa shape index (κ3) is 10.8. The van der Waals surface area contributed by atoms with Crippen LogP contribution in [0.25, 0.3) is 220 Å². The second-order valence-electron chi connectivity index (χ2n) is 32.8. The molecule has 0 bridgehead atoms. The van der Waals surface area contributed by atoms with Crippen LogP contribution < -0.4 is 16.4 Å². The van der Waals surface area contributed by atoms with Crippen LogP contribution in [-0.2, 0) is 5.41 Å². The van der Waals surface area contributed by atoms with E-state index in [1.54, 1.807) is 24.3 Å². The van der Waals surface area contributed by atoms with Crippen LogP contribution in [0.3, 0.4) is 0 Å². The number of benzene rings is 19. The molecule has 2 aliphatic heterocycles. The number of para-hydroxylation sites is 4. The van der Waals surface area contributed by atoms with Gasteiger partial charge in [-0.2, -0.15) is 0 Å². The van der Waals surface area contributed by atoms with Gasteiger partial charge in [0.05, 0.1) is 82.9 Å². The van der Waals surface area contributed by atoms with Crippen LogP contribution in [0.1, 0.15) is 53.7 Å². The molecule has 123 heavy (non-hydrogen) atoms. The molecule has 4 nitrogen and oxygen atoms in total. The Bertz CT molecular complexity index is 9350. The van der Waals surface area contributed by atoms with Gasteiger partial charge in [-0.15, -0.1) is 0 Å². The molecule has 0 unspecified atom stereocenters. The third-order valence-corrected chi connectivity index (χ3v) is 25.0. The molecule has 19 aromatic carbocycles. The quantitative estimate of drug-likeness (QED) is 0.135. The second-order valence-corrected chi connectivity index (χ2v) is 32.8. The van der Waals surface area contributed by atoms with E-state index in [1.807, 2.05) is 309 Å². The van der Waals surface area contributed by atoms with Crippen molar-refractivity contribution >= 4 is 153 Å². The standard InChI is InChI=1S/C118H79BN4/c1-118(2,3)84-72-109-113-110(73-84)123-115-86(77-38-14-7-15-39-77)55-31-57-98(115)92-49-19-17-45-88(92)90-47-21-23-53-96(90)112-108(121-104-59-27-25-51-94(104)100-71-83(61-65-106(100)121)81-43-29-41-79(69-81)75-34-10-5-11-35-75)67-63-102(117(112)123)119(113)101-62-66-107(120-103-58-26-24-50-93(103)99-70-82(60-64-105(99)120)80-42-28-40-78(68-80)74-32-8-4-9-33-74)111-95-52-22-20-46-89(95)87-44-16-18-48-91(87)97-56-30-54-85(76-36-12-6-13-37-76)114(97)122(109)116(101)111/h4-73H,1-3H3/i24D,25D,26D,27D,50D,51D,58D,59D,60D,61D,62D,63D,64D,65D,66D,67D,70D,71D,72D,73D. The van der Waals surface area contributed by atoms with Crippen molar-refractivity contribution in [2.75, 3.05) is 0 Å². The van der Waals surface area contributed by atoms with Crippen LogP contribution in [0.2, 0.25) is 0 Å². The highest BCUT2D eigenvalue weighted by Gasteiger charge is 2.43. The van der Waals surface area contributed by atoms with E-state index in [2.05, 4.69) is 0 Å². The van der Waals surface area contributed by atoms with Gasteiger partial charge >= 0.3 is 0 Å². The van der Waals surface area contributed by atoms with Gasteiger partial charge in [-0.1, -0.05) is 372 Å². The average Bonchev–Trinajstić information content (AvgIpc) is 1.63. The van der Waals surface area contributed by atoms with Crippen LogP contribution >= 0.6 is 0 Å². The van der Waals surface area contributed by atoms with E-state index in [0.29, 0.717) is 98.3 Å². The van der Waals surface area contributed by atoms with Gasteiger partial charge in [-0.05, 0) is 199 Å². The van der Waals surface area contributed by atoms with Gasteiger partial charge in [0.1, 0.15) is 0 Å². The highest BCUT2D eigenvalue weighted by Crippen LogP contribution is 2.49. The molecular formula is C118H79BN4. The second kappa shape index (κ2) is 27.5. The Kier molecular flexibility index (Phi) is 11.9. The summed E-state index contributed by atoms with van der Waals surface area (Å²) in [5, 5.41) is 4.91. The number of hydrogen-bond acceptors (Lipinski definition) is 0. The van der Waals surface area contributed by atoms with E-state index in [0.717, 1.165) is 22.3 Å². The molecule has 0 spiro atoms. The summed E-state index contributed by atoms with van der Waals surface area (Å²) in [6.45, 7) is 4.08. The summed E-state index contributed by atoms with van der Waals surface area (Å²) in [4.78, 5) is 0. The molecule has 0 saturated heterocycles. The molecule has 23 aromatic rings.